The summed E-state index contributed by atoms with van der Waals surface area (Å²) in [5, 5.41) is 0. The standard InChI is InChI=1S/C13H18O4/c1-4-10(9-7-5-6-8-9)11(12(14)16-2)13(15)17-3/h4,7,10-11H,1,5-6,8H2,2-3H3/t10-/m0/s1. The second kappa shape index (κ2) is 6.23. The molecule has 4 nitrogen and oxygen atoms in total. The minimum absolute atomic E-state index is 0.322. The second-order valence-corrected chi connectivity index (χ2v) is 3.96. The van der Waals surface area contributed by atoms with E-state index in [0.29, 0.717) is 0 Å². The lowest BCUT2D eigenvalue weighted by molar-refractivity contribution is -0.160. The van der Waals surface area contributed by atoms with Crippen molar-refractivity contribution in [3.63, 3.8) is 0 Å². The van der Waals surface area contributed by atoms with E-state index in [1.807, 2.05) is 0 Å². The van der Waals surface area contributed by atoms with Crippen LogP contribution in [0.15, 0.2) is 24.3 Å². The number of hydrogen-bond acceptors (Lipinski definition) is 4. The average Bonchev–Trinajstić information content (AvgIpc) is 2.87. The first-order valence-electron chi connectivity index (χ1n) is 5.62. The Bertz CT molecular complexity index is 327. The Labute approximate surface area is 101 Å². The van der Waals surface area contributed by atoms with Crippen molar-refractivity contribution in [2.75, 3.05) is 14.2 Å². The Balaban J connectivity index is 2.97. The molecule has 1 atom stereocenters. The van der Waals surface area contributed by atoms with Crippen molar-refractivity contribution >= 4 is 11.9 Å². The molecule has 0 fully saturated rings. The molecule has 0 saturated carbocycles. The Morgan fingerprint density at radius 3 is 2.29 bits per heavy atom. The summed E-state index contributed by atoms with van der Waals surface area (Å²) in [6.07, 6.45) is 6.60. The van der Waals surface area contributed by atoms with E-state index in [0.717, 1.165) is 24.8 Å². The van der Waals surface area contributed by atoms with Crippen LogP contribution >= 0.6 is 0 Å². The van der Waals surface area contributed by atoms with Crippen molar-refractivity contribution < 1.29 is 19.1 Å². The molecule has 1 rings (SSSR count). The molecule has 0 aromatic heterocycles. The SMILES string of the molecule is C=C[C@@H](C1=CCCC1)C(C(=O)OC)C(=O)OC. The van der Waals surface area contributed by atoms with Gasteiger partial charge >= 0.3 is 11.9 Å². The molecule has 17 heavy (non-hydrogen) atoms. The highest BCUT2D eigenvalue weighted by atomic mass is 16.5. The first-order valence-corrected chi connectivity index (χ1v) is 5.62. The molecular formula is C13H18O4. The number of allylic oxidation sites excluding steroid dienone is 3. The summed E-state index contributed by atoms with van der Waals surface area (Å²) >= 11 is 0. The second-order valence-electron chi connectivity index (χ2n) is 3.96. The van der Waals surface area contributed by atoms with Crippen LogP contribution in [0.1, 0.15) is 19.3 Å². The van der Waals surface area contributed by atoms with E-state index >= 15 is 0 Å². The topological polar surface area (TPSA) is 52.6 Å². The van der Waals surface area contributed by atoms with Gasteiger partial charge in [0.1, 0.15) is 0 Å². The van der Waals surface area contributed by atoms with E-state index in [2.05, 4.69) is 22.1 Å². The van der Waals surface area contributed by atoms with E-state index in [1.165, 1.54) is 14.2 Å². The van der Waals surface area contributed by atoms with Gasteiger partial charge in [0.05, 0.1) is 14.2 Å². The molecule has 0 unspecified atom stereocenters. The van der Waals surface area contributed by atoms with Gasteiger partial charge in [0.15, 0.2) is 5.92 Å². The zero-order valence-electron chi connectivity index (χ0n) is 10.3. The minimum atomic E-state index is -0.938. The first kappa shape index (κ1) is 13.5. The summed E-state index contributed by atoms with van der Waals surface area (Å²) in [5.74, 6) is -2.41. The van der Waals surface area contributed by atoms with Gasteiger partial charge in [-0.2, -0.15) is 0 Å². The zero-order valence-corrected chi connectivity index (χ0v) is 10.3. The third-order valence-electron chi connectivity index (χ3n) is 3.03. The molecule has 0 spiro atoms. The van der Waals surface area contributed by atoms with Crippen LogP contribution in [-0.2, 0) is 19.1 Å². The molecule has 0 saturated heterocycles. The summed E-state index contributed by atoms with van der Waals surface area (Å²) in [6.45, 7) is 3.70. The highest BCUT2D eigenvalue weighted by Gasteiger charge is 2.37. The predicted molar refractivity (Wildman–Crippen MR) is 63.1 cm³/mol. The maximum Gasteiger partial charge on any atom is 0.321 e. The highest BCUT2D eigenvalue weighted by molar-refractivity contribution is 5.95. The number of esters is 2. The summed E-state index contributed by atoms with van der Waals surface area (Å²) in [6, 6.07) is 0. The molecule has 0 radical (unpaired) electrons. The molecule has 0 bridgehead atoms. The lowest BCUT2D eigenvalue weighted by atomic mass is 9.85. The first-order chi connectivity index (χ1) is 8.15. The van der Waals surface area contributed by atoms with Crippen LogP contribution in [0, 0.1) is 11.8 Å². The van der Waals surface area contributed by atoms with Gasteiger partial charge in [-0.05, 0) is 19.3 Å². The van der Waals surface area contributed by atoms with Crippen LogP contribution in [0.25, 0.3) is 0 Å². The van der Waals surface area contributed by atoms with Crippen molar-refractivity contribution in [1.82, 2.24) is 0 Å². The van der Waals surface area contributed by atoms with Crippen LogP contribution in [0.2, 0.25) is 0 Å². The lowest BCUT2D eigenvalue weighted by Crippen LogP contribution is -2.33. The van der Waals surface area contributed by atoms with E-state index in [9.17, 15) is 9.59 Å². The van der Waals surface area contributed by atoms with E-state index in [4.69, 9.17) is 0 Å². The number of ether oxygens (including phenoxy) is 2. The molecule has 94 valence electrons. The molecule has 0 aliphatic heterocycles. The Kier molecular flexibility index (Phi) is 4.94. The molecule has 0 heterocycles. The van der Waals surface area contributed by atoms with Gasteiger partial charge in [0, 0.05) is 5.92 Å². The smallest absolute Gasteiger partial charge is 0.321 e. The maximum atomic E-state index is 11.7. The van der Waals surface area contributed by atoms with Gasteiger partial charge in [-0.25, -0.2) is 0 Å². The minimum Gasteiger partial charge on any atom is -0.468 e. The number of hydrogen-bond donors (Lipinski definition) is 0. The number of carbonyl (C=O) groups is 2. The largest absolute Gasteiger partial charge is 0.468 e. The summed E-state index contributed by atoms with van der Waals surface area (Å²) in [4.78, 5) is 23.3. The van der Waals surface area contributed by atoms with Crippen molar-refractivity contribution in [3.8, 4) is 0 Å². The van der Waals surface area contributed by atoms with Crippen molar-refractivity contribution in [2.24, 2.45) is 11.8 Å². The van der Waals surface area contributed by atoms with E-state index < -0.39 is 17.9 Å². The lowest BCUT2D eigenvalue weighted by Gasteiger charge is -2.21. The molecule has 1 aliphatic carbocycles. The van der Waals surface area contributed by atoms with E-state index in [-0.39, 0.29) is 5.92 Å². The monoisotopic (exact) mass is 238 g/mol. The molecule has 0 aromatic carbocycles. The molecule has 0 aromatic rings. The van der Waals surface area contributed by atoms with Gasteiger partial charge < -0.3 is 9.47 Å². The van der Waals surface area contributed by atoms with Crippen molar-refractivity contribution in [1.29, 1.82) is 0 Å². The highest BCUT2D eigenvalue weighted by Crippen LogP contribution is 2.32. The van der Waals surface area contributed by atoms with Gasteiger partial charge in [0.25, 0.3) is 0 Å². The summed E-state index contributed by atoms with van der Waals surface area (Å²) < 4.78 is 9.33. The quantitative estimate of drug-likeness (QED) is 0.417. The fourth-order valence-electron chi connectivity index (χ4n) is 2.14. The van der Waals surface area contributed by atoms with Crippen LogP contribution in [0.5, 0.6) is 0 Å². The summed E-state index contributed by atoms with van der Waals surface area (Å²) in [7, 11) is 2.53. The predicted octanol–water partition coefficient (Wildman–Crippen LogP) is 1.86. The molecular weight excluding hydrogens is 220 g/mol. The van der Waals surface area contributed by atoms with E-state index in [1.54, 1.807) is 6.08 Å². The van der Waals surface area contributed by atoms with Gasteiger partial charge in [-0.3, -0.25) is 9.59 Å². The van der Waals surface area contributed by atoms with Crippen molar-refractivity contribution in [2.45, 2.75) is 19.3 Å². The number of methoxy groups -OCH3 is 2. The Morgan fingerprint density at radius 1 is 1.35 bits per heavy atom. The fraction of sp³-hybridized carbons (Fsp3) is 0.538. The van der Waals surface area contributed by atoms with Crippen LogP contribution in [0.4, 0.5) is 0 Å². The number of carbonyl (C=O) groups excluding carboxylic acids is 2. The fourth-order valence-corrected chi connectivity index (χ4v) is 2.14. The molecule has 0 N–H and O–H groups in total. The molecule has 1 aliphatic rings. The third-order valence-corrected chi connectivity index (χ3v) is 3.03. The maximum absolute atomic E-state index is 11.7. The molecule has 0 amide bonds. The van der Waals surface area contributed by atoms with Crippen LogP contribution in [-0.4, -0.2) is 26.2 Å². The van der Waals surface area contributed by atoms with Gasteiger partial charge in [-0.15, -0.1) is 6.58 Å². The van der Waals surface area contributed by atoms with Crippen LogP contribution < -0.4 is 0 Å². The Hall–Kier alpha value is -1.58. The Morgan fingerprint density at radius 2 is 1.94 bits per heavy atom. The zero-order chi connectivity index (χ0) is 12.8. The summed E-state index contributed by atoms with van der Waals surface area (Å²) in [5.41, 5.74) is 1.07. The van der Waals surface area contributed by atoms with Crippen molar-refractivity contribution in [3.05, 3.63) is 24.3 Å². The molecule has 4 heteroatoms. The van der Waals surface area contributed by atoms with Crippen LogP contribution in [0.3, 0.4) is 0 Å². The average molecular weight is 238 g/mol. The van der Waals surface area contributed by atoms with Gasteiger partial charge in [0.2, 0.25) is 0 Å². The normalized spacial score (nSPS) is 16.3. The third kappa shape index (κ3) is 2.96. The number of rotatable bonds is 5. The van der Waals surface area contributed by atoms with Gasteiger partial charge in [-0.1, -0.05) is 17.7 Å².